The maximum absolute atomic E-state index is 13.6. The van der Waals surface area contributed by atoms with Crippen LogP contribution < -0.4 is 15.0 Å². The molecule has 218 valence electrons. The molecule has 0 spiro atoms. The van der Waals surface area contributed by atoms with Gasteiger partial charge in [-0.25, -0.2) is 13.4 Å². The Morgan fingerprint density at radius 2 is 1.78 bits per heavy atom. The molecular formula is C27H28F3N5O5S. The third-order valence-electron chi connectivity index (χ3n) is 6.39. The Bertz CT molecular complexity index is 1480. The van der Waals surface area contributed by atoms with Crippen LogP contribution in [-0.4, -0.2) is 65.7 Å². The van der Waals surface area contributed by atoms with Crippen molar-refractivity contribution in [2.75, 3.05) is 24.5 Å². The lowest BCUT2D eigenvalue weighted by atomic mass is 10.1. The number of nitrogens with one attached hydrogen (secondary N) is 1. The second kappa shape index (κ2) is 12.2. The number of benzene rings is 2. The van der Waals surface area contributed by atoms with Gasteiger partial charge in [0, 0.05) is 26.2 Å². The topological polar surface area (TPSA) is 125 Å². The van der Waals surface area contributed by atoms with Crippen LogP contribution in [0.4, 0.5) is 19.0 Å². The van der Waals surface area contributed by atoms with Gasteiger partial charge < -0.3 is 20.1 Å². The Kier molecular flexibility index (Phi) is 8.95. The van der Waals surface area contributed by atoms with Crippen molar-refractivity contribution in [2.24, 2.45) is 0 Å². The first-order valence-corrected chi connectivity index (χ1v) is 13.9. The molecule has 0 unspecified atom stereocenters. The summed E-state index contributed by atoms with van der Waals surface area (Å²) in [5.74, 6) is -0.751. The van der Waals surface area contributed by atoms with Crippen molar-refractivity contribution in [3.05, 3.63) is 84.3 Å². The monoisotopic (exact) mass is 591 g/mol. The molecular weight excluding hydrogens is 563 g/mol. The first kappa shape index (κ1) is 30.0. The smallest absolute Gasteiger partial charge is 0.406 e. The molecule has 2 aromatic carbocycles. The van der Waals surface area contributed by atoms with E-state index in [0.29, 0.717) is 11.5 Å². The standard InChI is InChI=1S/C27H28F3N5O5S/c1-18(2)20-5-3-19(4-6-20)13-33-26(37)24-16-34(25-15-31-21(17-36)14-32-25)11-12-35(24)41(38,39)23-9-7-22(8-10-23)40-27(28,29)30/h3-10,14-15,24,36H,1,11-13,16-17H2,2H3,(H,33,37)/t24-/m1/s1. The molecule has 1 amide bonds. The van der Waals surface area contributed by atoms with Gasteiger partial charge in [0.1, 0.15) is 17.6 Å². The Labute approximate surface area is 235 Å². The zero-order valence-corrected chi connectivity index (χ0v) is 22.8. The molecule has 10 nitrogen and oxygen atoms in total. The van der Waals surface area contributed by atoms with Crippen molar-refractivity contribution in [1.29, 1.82) is 0 Å². The molecule has 1 fully saturated rings. The maximum Gasteiger partial charge on any atom is 0.573 e. The van der Waals surface area contributed by atoms with Gasteiger partial charge in [-0.05, 0) is 42.3 Å². The fourth-order valence-corrected chi connectivity index (χ4v) is 5.80. The molecule has 0 aliphatic carbocycles. The Balaban J connectivity index is 1.57. The van der Waals surface area contributed by atoms with Gasteiger partial charge in [0.25, 0.3) is 0 Å². The van der Waals surface area contributed by atoms with Crippen molar-refractivity contribution in [2.45, 2.75) is 37.4 Å². The van der Waals surface area contributed by atoms with Crippen molar-refractivity contribution >= 4 is 27.3 Å². The summed E-state index contributed by atoms with van der Waals surface area (Å²) in [6, 6.07) is 9.99. The first-order valence-electron chi connectivity index (χ1n) is 12.4. The summed E-state index contributed by atoms with van der Waals surface area (Å²) in [7, 11) is -4.30. The summed E-state index contributed by atoms with van der Waals surface area (Å²) >= 11 is 0. The van der Waals surface area contributed by atoms with E-state index in [4.69, 9.17) is 0 Å². The van der Waals surface area contributed by atoms with Crippen LogP contribution in [0.2, 0.25) is 0 Å². The first-order chi connectivity index (χ1) is 19.4. The van der Waals surface area contributed by atoms with E-state index < -0.39 is 34.1 Å². The minimum atomic E-state index is -4.93. The molecule has 1 aliphatic rings. The van der Waals surface area contributed by atoms with Crippen LogP contribution in [-0.2, 0) is 28.0 Å². The second-order valence-corrected chi connectivity index (χ2v) is 11.2. The van der Waals surface area contributed by atoms with Crippen LogP contribution in [0.5, 0.6) is 5.75 Å². The number of anilines is 1. The number of halogens is 3. The molecule has 3 aromatic rings. The number of piperazine rings is 1. The molecule has 0 radical (unpaired) electrons. The SMILES string of the molecule is C=C(C)c1ccc(CNC(=O)[C@H]2CN(c3cnc(CO)cn3)CCN2S(=O)(=O)c2ccc(OC(F)(F)F)cc2)cc1. The lowest BCUT2D eigenvalue weighted by molar-refractivity contribution is -0.274. The normalized spacial score (nSPS) is 16.3. The summed E-state index contributed by atoms with van der Waals surface area (Å²) in [6.07, 6.45) is -2.12. The largest absolute Gasteiger partial charge is 0.573 e. The third-order valence-corrected chi connectivity index (χ3v) is 8.31. The Hall–Kier alpha value is -4.01. The average Bonchev–Trinajstić information content (AvgIpc) is 2.95. The number of aliphatic hydroxyl groups excluding tert-OH is 1. The van der Waals surface area contributed by atoms with Gasteiger partial charge in [-0.1, -0.05) is 36.4 Å². The van der Waals surface area contributed by atoms with Crippen LogP contribution in [0.15, 0.2) is 72.4 Å². The highest BCUT2D eigenvalue weighted by Gasteiger charge is 2.41. The quantitative estimate of drug-likeness (QED) is 0.389. The molecule has 1 atom stereocenters. The summed E-state index contributed by atoms with van der Waals surface area (Å²) in [5.41, 5.74) is 2.97. The van der Waals surface area contributed by atoms with Gasteiger partial charge >= 0.3 is 6.36 Å². The number of sulfonamides is 1. The highest BCUT2D eigenvalue weighted by molar-refractivity contribution is 7.89. The van der Waals surface area contributed by atoms with Crippen molar-refractivity contribution < 1.29 is 36.2 Å². The van der Waals surface area contributed by atoms with Gasteiger partial charge in [0.05, 0.1) is 29.6 Å². The minimum absolute atomic E-state index is 0.0674. The second-order valence-electron chi connectivity index (χ2n) is 9.32. The molecule has 1 aliphatic heterocycles. The van der Waals surface area contributed by atoms with Gasteiger partial charge in [0.15, 0.2) is 0 Å². The van der Waals surface area contributed by atoms with Gasteiger partial charge in [-0.3, -0.25) is 9.78 Å². The number of aliphatic hydroxyl groups is 1. The van der Waals surface area contributed by atoms with E-state index in [1.54, 1.807) is 4.90 Å². The highest BCUT2D eigenvalue weighted by Crippen LogP contribution is 2.28. The number of allylic oxidation sites excluding steroid dienone is 1. The predicted molar refractivity (Wildman–Crippen MR) is 144 cm³/mol. The molecule has 1 saturated heterocycles. The number of amides is 1. The van der Waals surface area contributed by atoms with E-state index in [-0.39, 0.29) is 37.7 Å². The predicted octanol–water partition coefficient (Wildman–Crippen LogP) is 3.10. The van der Waals surface area contributed by atoms with Crippen LogP contribution in [0, 0.1) is 0 Å². The number of carbonyl (C=O) groups is 1. The van der Waals surface area contributed by atoms with Crippen LogP contribution in [0.3, 0.4) is 0 Å². The van der Waals surface area contributed by atoms with E-state index in [0.717, 1.165) is 45.3 Å². The fourth-order valence-electron chi connectivity index (χ4n) is 4.23. The van der Waals surface area contributed by atoms with E-state index in [1.165, 1.54) is 12.4 Å². The van der Waals surface area contributed by atoms with Gasteiger partial charge in [-0.15, -0.1) is 13.2 Å². The number of ether oxygens (including phenoxy) is 1. The number of aromatic nitrogens is 2. The van der Waals surface area contributed by atoms with E-state index in [9.17, 15) is 31.5 Å². The van der Waals surface area contributed by atoms with Gasteiger partial charge in [0.2, 0.25) is 15.9 Å². The summed E-state index contributed by atoms with van der Waals surface area (Å²) in [6.45, 7) is 5.58. The highest BCUT2D eigenvalue weighted by atomic mass is 32.2. The molecule has 2 N–H and O–H groups in total. The van der Waals surface area contributed by atoms with Crippen molar-refractivity contribution in [3.8, 4) is 5.75 Å². The van der Waals surface area contributed by atoms with Gasteiger partial charge in [-0.2, -0.15) is 4.31 Å². The number of hydrogen-bond donors (Lipinski definition) is 2. The van der Waals surface area contributed by atoms with Crippen molar-refractivity contribution in [1.82, 2.24) is 19.6 Å². The van der Waals surface area contributed by atoms with E-state index in [2.05, 4.69) is 26.6 Å². The molecule has 4 rings (SSSR count). The van der Waals surface area contributed by atoms with Crippen LogP contribution in [0.25, 0.3) is 5.57 Å². The maximum atomic E-state index is 13.6. The summed E-state index contributed by atoms with van der Waals surface area (Å²) in [5, 5.41) is 12.0. The van der Waals surface area contributed by atoms with Crippen LogP contribution in [0.1, 0.15) is 23.7 Å². The Morgan fingerprint density at radius 1 is 1.10 bits per heavy atom. The molecule has 14 heteroatoms. The zero-order chi connectivity index (χ0) is 29.8. The van der Waals surface area contributed by atoms with E-state index >= 15 is 0 Å². The zero-order valence-electron chi connectivity index (χ0n) is 22.0. The third kappa shape index (κ3) is 7.39. The minimum Gasteiger partial charge on any atom is -0.406 e. The average molecular weight is 592 g/mol. The number of carbonyl (C=O) groups excluding carboxylic acids is 1. The summed E-state index contributed by atoms with van der Waals surface area (Å²) < 4.78 is 69.7. The Morgan fingerprint density at radius 3 is 2.34 bits per heavy atom. The molecule has 1 aromatic heterocycles. The lowest BCUT2D eigenvalue weighted by Gasteiger charge is -2.40. The molecule has 0 bridgehead atoms. The molecule has 0 saturated carbocycles. The summed E-state index contributed by atoms with van der Waals surface area (Å²) in [4.78, 5) is 23.2. The number of nitrogens with zero attached hydrogens (tertiary/aromatic N) is 4. The fraction of sp³-hybridized carbons (Fsp3) is 0.296. The van der Waals surface area contributed by atoms with E-state index in [1.807, 2.05) is 31.2 Å². The number of rotatable bonds is 9. The van der Waals surface area contributed by atoms with Crippen molar-refractivity contribution in [3.63, 3.8) is 0 Å². The lowest BCUT2D eigenvalue weighted by Crippen LogP contribution is -2.60. The number of alkyl halides is 3. The molecule has 2 heterocycles. The molecule has 41 heavy (non-hydrogen) atoms. The van der Waals surface area contributed by atoms with Crippen LogP contribution >= 0.6 is 0 Å². The number of hydrogen-bond acceptors (Lipinski definition) is 8.